The summed E-state index contributed by atoms with van der Waals surface area (Å²) in [7, 11) is 0. The Bertz CT molecular complexity index is 589. The highest BCUT2D eigenvalue weighted by Gasteiger charge is 2.19. The van der Waals surface area contributed by atoms with Crippen LogP contribution in [0.25, 0.3) is 11.0 Å². The lowest BCUT2D eigenvalue weighted by molar-refractivity contribution is -0.0157. The van der Waals surface area contributed by atoms with Crippen molar-refractivity contribution in [1.29, 1.82) is 0 Å². The van der Waals surface area contributed by atoms with Crippen molar-refractivity contribution in [3.8, 4) is 0 Å². The van der Waals surface area contributed by atoms with Gasteiger partial charge in [-0.1, -0.05) is 16.4 Å². The van der Waals surface area contributed by atoms with E-state index in [0.717, 1.165) is 4.85 Å². The Labute approximate surface area is 108 Å². The van der Waals surface area contributed by atoms with Crippen LogP contribution in [0, 0.1) is 0 Å². The number of aromatic nitrogens is 3. The number of fused-ring (bicyclic) bond motifs is 1. The summed E-state index contributed by atoms with van der Waals surface area (Å²) in [5.41, 5.74) is 0.432. The van der Waals surface area contributed by atoms with Crippen LogP contribution >= 0.6 is 11.6 Å². The standard InChI is InChI=1S/C11H12ClN3O3/c1-11(2,3)17-10(16)18-15-9-6-7(12)4-5-8(9)13-14-15/h4-6H,1-3H3. The largest absolute Gasteiger partial charge is 0.535 e. The quantitative estimate of drug-likeness (QED) is 0.588. The van der Waals surface area contributed by atoms with Gasteiger partial charge >= 0.3 is 6.16 Å². The molecule has 6 nitrogen and oxygen atoms in total. The van der Waals surface area contributed by atoms with Crippen LogP contribution in [0.5, 0.6) is 0 Å². The van der Waals surface area contributed by atoms with Gasteiger partial charge in [-0.2, -0.15) is 0 Å². The van der Waals surface area contributed by atoms with Gasteiger partial charge in [0.25, 0.3) is 0 Å². The average Bonchev–Trinajstić information content (AvgIpc) is 2.58. The summed E-state index contributed by atoms with van der Waals surface area (Å²) < 4.78 is 5.01. The lowest BCUT2D eigenvalue weighted by Crippen LogP contribution is -2.30. The molecule has 0 saturated carbocycles. The molecule has 1 aromatic heterocycles. The Morgan fingerprint density at radius 1 is 1.39 bits per heavy atom. The van der Waals surface area contributed by atoms with Gasteiger partial charge in [-0.3, -0.25) is 4.84 Å². The Morgan fingerprint density at radius 2 is 2.11 bits per heavy atom. The summed E-state index contributed by atoms with van der Waals surface area (Å²) in [6.07, 6.45) is -0.853. The Balaban J connectivity index is 2.22. The van der Waals surface area contributed by atoms with Crippen LogP contribution in [0.15, 0.2) is 18.2 Å². The molecule has 1 aromatic carbocycles. The topological polar surface area (TPSA) is 66.2 Å². The zero-order valence-electron chi connectivity index (χ0n) is 10.2. The molecule has 0 radical (unpaired) electrons. The Hall–Kier alpha value is -1.82. The van der Waals surface area contributed by atoms with Gasteiger partial charge in [0, 0.05) is 5.02 Å². The van der Waals surface area contributed by atoms with Gasteiger partial charge in [-0.15, -0.1) is 5.10 Å². The molecular weight excluding hydrogens is 258 g/mol. The SMILES string of the molecule is CC(C)(C)OC(=O)On1nnc2ccc(Cl)cc21. The third-order valence-electron chi connectivity index (χ3n) is 1.93. The third-order valence-corrected chi connectivity index (χ3v) is 2.16. The maximum atomic E-state index is 11.5. The van der Waals surface area contributed by atoms with E-state index in [9.17, 15) is 4.79 Å². The predicted molar refractivity (Wildman–Crippen MR) is 65.4 cm³/mol. The first-order valence-corrected chi connectivity index (χ1v) is 5.65. The maximum absolute atomic E-state index is 11.5. The van der Waals surface area contributed by atoms with E-state index in [2.05, 4.69) is 10.3 Å². The molecule has 0 fully saturated rings. The molecule has 0 N–H and O–H groups in total. The molecule has 0 atom stereocenters. The van der Waals surface area contributed by atoms with Crippen molar-refractivity contribution in [3.05, 3.63) is 23.2 Å². The van der Waals surface area contributed by atoms with Gasteiger partial charge in [-0.25, -0.2) is 4.79 Å². The Kier molecular flexibility index (Phi) is 3.13. The number of benzene rings is 1. The molecular formula is C11H12ClN3O3. The minimum atomic E-state index is -0.853. The fourth-order valence-corrected chi connectivity index (χ4v) is 1.44. The summed E-state index contributed by atoms with van der Waals surface area (Å²) in [6.45, 7) is 5.22. The van der Waals surface area contributed by atoms with Crippen LogP contribution in [0.3, 0.4) is 0 Å². The molecule has 2 aromatic rings. The minimum Gasteiger partial charge on any atom is -0.427 e. The average molecular weight is 270 g/mol. The van der Waals surface area contributed by atoms with Crippen molar-refractivity contribution in [3.63, 3.8) is 0 Å². The molecule has 7 heteroatoms. The molecule has 0 unspecified atom stereocenters. The Morgan fingerprint density at radius 3 is 2.78 bits per heavy atom. The fourth-order valence-electron chi connectivity index (χ4n) is 1.28. The second-order valence-electron chi connectivity index (χ2n) is 4.65. The zero-order valence-corrected chi connectivity index (χ0v) is 10.9. The summed E-state index contributed by atoms with van der Waals surface area (Å²) in [6, 6.07) is 4.96. The van der Waals surface area contributed by atoms with E-state index in [1.165, 1.54) is 0 Å². The fraction of sp³-hybridized carbons (Fsp3) is 0.364. The second-order valence-corrected chi connectivity index (χ2v) is 5.09. The maximum Gasteiger partial charge on any atom is 0.535 e. The number of hydrogen-bond donors (Lipinski definition) is 0. The molecule has 0 saturated heterocycles. The number of ether oxygens (including phenoxy) is 1. The smallest absolute Gasteiger partial charge is 0.427 e. The van der Waals surface area contributed by atoms with Crippen LogP contribution in [0.2, 0.25) is 5.02 Å². The first-order chi connectivity index (χ1) is 8.35. The molecule has 2 rings (SSSR count). The van der Waals surface area contributed by atoms with Gasteiger partial charge in [0.15, 0.2) is 0 Å². The molecule has 0 spiro atoms. The first kappa shape index (κ1) is 12.6. The summed E-state index contributed by atoms with van der Waals surface area (Å²) in [5, 5.41) is 8.02. The zero-order chi connectivity index (χ0) is 13.3. The lowest BCUT2D eigenvalue weighted by atomic mass is 10.2. The van der Waals surface area contributed by atoms with Gasteiger partial charge in [0.2, 0.25) is 0 Å². The van der Waals surface area contributed by atoms with Crippen molar-refractivity contribution >= 4 is 28.8 Å². The molecule has 0 aliphatic rings. The highest BCUT2D eigenvalue weighted by Crippen LogP contribution is 2.16. The van der Waals surface area contributed by atoms with Crippen molar-refractivity contribution in [2.75, 3.05) is 0 Å². The van der Waals surface area contributed by atoms with E-state index >= 15 is 0 Å². The number of carbonyl (C=O) groups is 1. The molecule has 0 aliphatic heterocycles. The van der Waals surface area contributed by atoms with E-state index in [1.54, 1.807) is 39.0 Å². The van der Waals surface area contributed by atoms with E-state index in [4.69, 9.17) is 21.2 Å². The molecule has 0 aliphatic carbocycles. The van der Waals surface area contributed by atoms with Crippen LogP contribution in [-0.2, 0) is 4.74 Å². The van der Waals surface area contributed by atoms with E-state index in [-0.39, 0.29) is 0 Å². The van der Waals surface area contributed by atoms with Gasteiger partial charge in [0.1, 0.15) is 16.6 Å². The minimum absolute atomic E-state index is 0.494. The van der Waals surface area contributed by atoms with Crippen molar-refractivity contribution in [1.82, 2.24) is 15.2 Å². The molecule has 96 valence electrons. The van der Waals surface area contributed by atoms with Crippen molar-refractivity contribution in [2.45, 2.75) is 26.4 Å². The molecule has 0 amide bonds. The number of rotatable bonds is 1. The van der Waals surface area contributed by atoms with Crippen LogP contribution in [0.4, 0.5) is 4.79 Å². The first-order valence-electron chi connectivity index (χ1n) is 5.27. The predicted octanol–water partition coefficient (Wildman–Crippen LogP) is 2.45. The van der Waals surface area contributed by atoms with Crippen molar-refractivity contribution < 1.29 is 14.4 Å². The summed E-state index contributed by atoms with van der Waals surface area (Å²) >= 11 is 5.85. The highest BCUT2D eigenvalue weighted by atomic mass is 35.5. The van der Waals surface area contributed by atoms with Crippen LogP contribution in [0.1, 0.15) is 20.8 Å². The number of halogens is 1. The van der Waals surface area contributed by atoms with E-state index in [0.29, 0.717) is 16.1 Å². The molecule has 0 bridgehead atoms. The molecule has 18 heavy (non-hydrogen) atoms. The summed E-state index contributed by atoms with van der Waals surface area (Å²) in [5.74, 6) is 0. The van der Waals surface area contributed by atoms with Crippen LogP contribution < -0.4 is 4.84 Å². The number of carbonyl (C=O) groups excluding carboxylic acids is 1. The lowest BCUT2D eigenvalue weighted by Gasteiger charge is -2.18. The number of nitrogens with zero attached hydrogens (tertiary/aromatic N) is 3. The second kappa shape index (κ2) is 4.45. The molecule has 1 heterocycles. The van der Waals surface area contributed by atoms with Gasteiger partial charge < -0.3 is 4.74 Å². The van der Waals surface area contributed by atoms with Gasteiger partial charge in [-0.05, 0) is 44.2 Å². The number of hydrogen-bond acceptors (Lipinski definition) is 5. The normalized spacial score (nSPS) is 11.6. The van der Waals surface area contributed by atoms with E-state index in [1.807, 2.05) is 0 Å². The summed E-state index contributed by atoms with van der Waals surface area (Å²) in [4.78, 5) is 17.4. The third kappa shape index (κ3) is 2.89. The van der Waals surface area contributed by atoms with Crippen LogP contribution in [-0.4, -0.2) is 26.9 Å². The highest BCUT2D eigenvalue weighted by molar-refractivity contribution is 6.31. The van der Waals surface area contributed by atoms with E-state index < -0.39 is 11.8 Å². The monoisotopic (exact) mass is 269 g/mol. The van der Waals surface area contributed by atoms with Crippen molar-refractivity contribution in [2.24, 2.45) is 0 Å². The van der Waals surface area contributed by atoms with Gasteiger partial charge in [0.05, 0.1) is 0 Å².